The smallest absolute Gasteiger partial charge is 0.287 e. The van der Waals surface area contributed by atoms with Crippen LogP contribution in [0.25, 0.3) is 11.0 Å². The molecule has 31 heavy (non-hydrogen) atoms. The first kappa shape index (κ1) is 22.7. The topological polar surface area (TPSA) is 102 Å². The first-order valence-corrected chi connectivity index (χ1v) is 10.1. The molecule has 1 aromatic heterocycles. The van der Waals surface area contributed by atoms with Crippen molar-refractivity contribution in [2.45, 2.75) is 6.61 Å². The van der Waals surface area contributed by atoms with Gasteiger partial charge in [-0.3, -0.25) is 15.5 Å². The Bertz CT molecular complexity index is 1020. The zero-order valence-electron chi connectivity index (χ0n) is 17.1. The van der Waals surface area contributed by atoms with Gasteiger partial charge >= 0.3 is 0 Å². The summed E-state index contributed by atoms with van der Waals surface area (Å²) in [4.78, 5) is 12.9. The fourth-order valence-corrected chi connectivity index (χ4v) is 3.06. The average molecular weight is 445 g/mol. The van der Waals surface area contributed by atoms with Crippen LogP contribution < -0.4 is 15.5 Å². The highest BCUT2D eigenvalue weighted by Gasteiger charge is 2.20. The molecule has 0 radical (unpaired) electrons. The van der Waals surface area contributed by atoms with Gasteiger partial charge in [0.1, 0.15) is 22.9 Å². The molecule has 1 heterocycles. The van der Waals surface area contributed by atoms with Crippen LogP contribution in [-0.2, 0) is 16.1 Å². The molecular weight excluding hydrogens is 420 g/mol. The standard InChI is InChI=1S/C22H24N2O6S/c1-27-12-13-28-14-18-17-4-2-3-5-19(17)30-20(18)21(25)23-10-11-29-16-8-6-15(7-9-16)22(31)24-26/h2-9,26H,10-14H2,1H3,(H,23,25)(H,24,31). The SMILES string of the molecule is COCCOCc1c(C(=O)NCCOc2ccc(C(=S)NO)cc2)oc2ccccc12. The van der Waals surface area contributed by atoms with Gasteiger partial charge in [-0.25, -0.2) is 0 Å². The van der Waals surface area contributed by atoms with E-state index in [2.05, 4.69) is 5.32 Å². The Hall–Kier alpha value is -2.98. The lowest BCUT2D eigenvalue weighted by molar-refractivity contribution is 0.0609. The van der Waals surface area contributed by atoms with Crippen LogP contribution >= 0.6 is 12.2 Å². The highest BCUT2D eigenvalue weighted by molar-refractivity contribution is 7.80. The van der Waals surface area contributed by atoms with Crippen molar-refractivity contribution in [3.8, 4) is 5.75 Å². The molecule has 3 aromatic rings. The van der Waals surface area contributed by atoms with Crippen molar-refractivity contribution in [2.75, 3.05) is 33.5 Å². The van der Waals surface area contributed by atoms with E-state index in [1.807, 2.05) is 29.7 Å². The number of amides is 1. The molecule has 9 heteroatoms. The molecule has 164 valence electrons. The van der Waals surface area contributed by atoms with Crippen LogP contribution in [0, 0.1) is 0 Å². The second kappa shape index (κ2) is 11.4. The fraction of sp³-hybridized carbons (Fsp3) is 0.273. The molecule has 0 atom stereocenters. The number of furan rings is 1. The molecule has 2 aromatic carbocycles. The number of para-hydroxylation sites is 1. The van der Waals surface area contributed by atoms with Crippen LogP contribution in [0.15, 0.2) is 52.9 Å². The number of benzene rings is 2. The van der Waals surface area contributed by atoms with Gasteiger partial charge in [0.15, 0.2) is 5.76 Å². The summed E-state index contributed by atoms with van der Waals surface area (Å²) in [6, 6.07) is 14.4. The van der Waals surface area contributed by atoms with Gasteiger partial charge in [0.25, 0.3) is 5.91 Å². The molecular formula is C22H24N2O6S. The molecule has 0 saturated carbocycles. The Balaban J connectivity index is 1.56. The summed E-state index contributed by atoms with van der Waals surface area (Å²) in [6.07, 6.45) is 0. The Labute approximate surface area is 185 Å². The first-order valence-electron chi connectivity index (χ1n) is 9.66. The zero-order chi connectivity index (χ0) is 22.1. The first-order chi connectivity index (χ1) is 15.1. The molecule has 0 aliphatic heterocycles. The van der Waals surface area contributed by atoms with Crippen molar-refractivity contribution >= 4 is 34.1 Å². The number of hydrogen-bond donors (Lipinski definition) is 3. The molecule has 3 rings (SSSR count). The van der Waals surface area contributed by atoms with E-state index in [-0.39, 0.29) is 36.4 Å². The van der Waals surface area contributed by atoms with Crippen molar-refractivity contribution in [1.29, 1.82) is 0 Å². The van der Waals surface area contributed by atoms with E-state index >= 15 is 0 Å². The predicted molar refractivity (Wildman–Crippen MR) is 119 cm³/mol. The molecule has 0 bridgehead atoms. The van der Waals surface area contributed by atoms with Gasteiger partial charge in [0, 0.05) is 23.6 Å². The fourth-order valence-electron chi connectivity index (χ4n) is 2.92. The van der Waals surface area contributed by atoms with E-state index in [1.54, 1.807) is 31.4 Å². The van der Waals surface area contributed by atoms with Crippen LogP contribution in [0.3, 0.4) is 0 Å². The van der Waals surface area contributed by atoms with Gasteiger partial charge in [0.2, 0.25) is 0 Å². The third kappa shape index (κ3) is 6.02. The van der Waals surface area contributed by atoms with E-state index in [9.17, 15) is 4.79 Å². The Morgan fingerprint density at radius 2 is 1.87 bits per heavy atom. The molecule has 0 unspecified atom stereocenters. The second-order valence-corrected chi connectivity index (χ2v) is 6.93. The number of carbonyl (C=O) groups is 1. The van der Waals surface area contributed by atoms with Crippen LogP contribution in [0.5, 0.6) is 5.75 Å². The summed E-state index contributed by atoms with van der Waals surface area (Å²) in [5.41, 5.74) is 3.94. The van der Waals surface area contributed by atoms with E-state index in [4.69, 9.17) is 36.1 Å². The number of fused-ring (bicyclic) bond motifs is 1. The maximum absolute atomic E-state index is 12.7. The van der Waals surface area contributed by atoms with Gasteiger partial charge in [-0.2, -0.15) is 0 Å². The maximum Gasteiger partial charge on any atom is 0.287 e. The highest BCUT2D eigenvalue weighted by Crippen LogP contribution is 2.26. The monoisotopic (exact) mass is 444 g/mol. The zero-order valence-corrected chi connectivity index (χ0v) is 17.9. The second-order valence-electron chi connectivity index (χ2n) is 6.52. The van der Waals surface area contributed by atoms with Crippen molar-refractivity contribution in [3.63, 3.8) is 0 Å². The molecule has 0 aliphatic rings. The van der Waals surface area contributed by atoms with E-state index in [0.29, 0.717) is 35.7 Å². The highest BCUT2D eigenvalue weighted by atomic mass is 32.1. The molecule has 0 spiro atoms. The molecule has 8 nitrogen and oxygen atoms in total. The lowest BCUT2D eigenvalue weighted by atomic mass is 10.1. The van der Waals surface area contributed by atoms with Crippen LogP contribution in [-0.4, -0.2) is 49.6 Å². The number of thiocarbonyl (C=S) groups is 1. The molecule has 0 fully saturated rings. The third-order valence-corrected chi connectivity index (χ3v) is 4.78. The molecule has 0 aliphatic carbocycles. The minimum absolute atomic E-state index is 0.228. The summed E-state index contributed by atoms with van der Waals surface area (Å²) < 4.78 is 22.0. The molecule has 1 amide bonds. The number of hydrogen-bond acceptors (Lipinski definition) is 7. The lowest BCUT2D eigenvalue weighted by Crippen LogP contribution is -2.28. The molecule has 0 saturated heterocycles. The van der Waals surface area contributed by atoms with Crippen LogP contribution in [0.2, 0.25) is 0 Å². The Morgan fingerprint density at radius 3 is 2.61 bits per heavy atom. The van der Waals surface area contributed by atoms with E-state index < -0.39 is 0 Å². The Morgan fingerprint density at radius 1 is 1.10 bits per heavy atom. The van der Waals surface area contributed by atoms with E-state index in [1.165, 1.54) is 0 Å². The number of methoxy groups -OCH3 is 1. The number of nitrogens with one attached hydrogen (secondary N) is 2. The largest absolute Gasteiger partial charge is 0.492 e. The van der Waals surface area contributed by atoms with Gasteiger partial charge in [0.05, 0.1) is 26.4 Å². The normalized spacial score (nSPS) is 10.8. The number of hydroxylamine groups is 1. The number of rotatable bonds is 11. The summed E-state index contributed by atoms with van der Waals surface area (Å²) in [6.45, 7) is 1.70. The summed E-state index contributed by atoms with van der Waals surface area (Å²) >= 11 is 4.95. The van der Waals surface area contributed by atoms with Gasteiger partial charge in [-0.05, 0) is 30.3 Å². The summed E-state index contributed by atoms with van der Waals surface area (Å²) in [7, 11) is 1.60. The van der Waals surface area contributed by atoms with Crippen LogP contribution in [0.1, 0.15) is 21.7 Å². The van der Waals surface area contributed by atoms with Gasteiger partial charge in [-0.1, -0.05) is 30.4 Å². The van der Waals surface area contributed by atoms with E-state index in [0.717, 1.165) is 5.39 Å². The number of ether oxygens (including phenoxy) is 3. The average Bonchev–Trinajstić information content (AvgIpc) is 3.18. The molecule has 3 N–H and O–H groups in total. The van der Waals surface area contributed by atoms with Crippen molar-refractivity contribution in [3.05, 3.63) is 65.4 Å². The predicted octanol–water partition coefficient (Wildman–Crippen LogP) is 3.06. The minimum atomic E-state index is -0.333. The van der Waals surface area contributed by atoms with Gasteiger partial charge < -0.3 is 23.9 Å². The van der Waals surface area contributed by atoms with Crippen LogP contribution in [0.4, 0.5) is 0 Å². The lowest BCUT2D eigenvalue weighted by Gasteiger charge is -2.09. The summed E-state index contributed by atoms with van der Waals surface area (Å²) in [5.74, 6) is 0.516. The maximum atomic E-state index is 12.7. The number of carbonyl (C=O) groups excluding carboxylic acids is 1. The van der Waals surface area contributed by atoms with Crippen molar-refractivity contribution in [2.24, 2.45) is 0 Å². The van der Waals surface area contributed by atoms with Crippen molar-refractivity contribution in [1.82, 2.24) is 10.8 Å². The summed E-state index contributed by atoms with van der Waals surface area (Å²) in [5, 5.41) is 12.5. The van der Waals surface area contributed by atoms with Gasteiger partial charge in [-0.15, -0.1) is 0 Å². The minimum Gasteiger partial charge on any atom is -0.492 e. The third-order valence-electron chi connectivity index (χ3n) is 4.46. The Kier molecular flexibility index (Phi) is 8.36. The quantitative estimate of drug-likeness (QED) is 0.236. The van der Waals surface area contributed by atoms with Crippen molar-refractivity contribution < 1.29 is 28.6 Å².